The summed E-state index contributed by atoms with van der Waals surface area (Å²) >= 11 is 1.65. The van der Waals surface area contributed by atoms with Gasteiger partial charge >= 0.3 is 0 Å². The molecule has 1 saturated heterocycles. The number of rotatable bonds is 5. The normalized spacial score (nSPS) is 17.1. The number of thioether (sulfide) groups is 1. The van der Waals surface area contributed by atoms with E-state index < -0.39 is 0 Å². The van der Waals surface area contributed by atoms with Crippen LogP contribution in [0.5, 0.6) is 0 Å². The average Bonchev–Trinajstić information content (AvgIpc) is 3.02. The van der Waals surface area contributed by atoms with Crippen LogP contribution in [0.2, 0.25) is 0 Å². The zero-order valence-electron chi connectivity index (χ0n) is 16.8. The summed E-state index contributed by atoms with van der Waals surface area (Å²) in [6.45, 7) is 4.30. The van der Waals surface area contributed by atoms with Crippen molar-refractivity contribution in [3.8, 4) is 6.07 Å². The molecule has 3 rings (SSSR count). The number of amidine groups is 1. The van der Waals surface area contributed by atoms with E-state index in [0.29, 0.717) is 17.9 Å². The Morgan fingerprint density at radius 1 is 1.24 bits per heavy atom. The zero-order valence-corrected chi connectivity index (χ0v) is 18.4. The van der Waals surface area contributed by atoms with Gasteiger partial charge in [0.2, 0.25) is 5.91 Å². The van der Waals surface area contributed by atoms with E-state index in [0.717, 1.165) is 22.3 Å². The maximum atomic E-state index is 12.5. The van der Waals surface area contributed by atoms with Gasteiger partial charge in [0, 0.05) is 31.0 Å². The molecule has 1 unspecified atom stereocenters. The van der Waals surface area contributed by atoms with E-state index in [1.54, 1.807) is 23.9 Å². The molecule has 2 aromatic carbocycles. The number of nitrogens with one attached hydrogen (secondary N) is 1. The van der Waals surface area contributed by atoms with Crippen molar-refractivity contribution in [2.75, 3.05) is 18.1 Å². The van der Waals surface area contributed by atoms with Crippen LogP contribution in [0.4, 0.5) is 11.4 Å². The molecule has 1 atom stereocenters. The van der Waals surface area contributed by atoms with Gasteiger partial charge < -0.3 is 10.2 Å². The van der Waals surface area contributed by atoms with Crippen molar-refractivity contribution in [3.63, 3.8) is 0 Å². The minimum atomic E-state index is 0. The molecule has 0 spiro atoms. The Morgan fingerprint density at radius 3 is 2.48 bits per heavy atom. The lowest BCUT2D eigenvalue weighted by Gasteiger charge is -2.20. The van der Waals surface area contributed by atoms with Crippen LogP contribution >= 0.6 is 24.2 Å². The molecular weight excluding hydrogens is 404 g/mol. The predicted octanol–water partition coefficient (Wildman–Crippen LogP) is 5.17. The van der Waals surface area contributed by atoms with Gasteiger partial charge in [0.15, 0.2) is 5.17 Å². The third-order valence-corrected chi connectivity index (χ3v) is 5.95. The van der Waals surface area contributed by atoms with E-state index in [9.17, 15) is 4.79 Å². The highest BCUT2D eigenvalue weighted by Gasteiger charge is 2.29. The summed E-state index contributed by atoms with van der Waals surface area (Å²) in [5.74, 6) is 1.31. The van der Waals surface area contributed by atoms with Crippen molar-refractivity contribution in [3.05, 3.63) is 59.7 Å². The van der Waals surface area contributed by atoms with Gasteiger partial charge in [-0.05, 0) is 47.9 Å². The van der Waals surface area contributed by atoms with Gasteiger partial charge in [0.25, 0.3) is 0 Å². The lowest BCUT2D eigenvalue weighted by atomic mass is 10.0. The molecule has 0 saturated carbocycles. The minimum Gasteiger partial charge on any atom is -0.350 e. The first-order chi connectivity index (χ1) is 13.5. The van der Waals surface area contributed by atoms with Crippen LogP contribution in [-0.4, -0.2) is 34.8 Å². The van der Waals surface area contributed by atoms with E-state index in [1.165, 1.54) is 5.56 Å². The number of hydrogen-bond acceptors (Lipinski definition) is 4. The second-order valence-corrected chi connectivity index (χ2v) is 8.14. The summed E-state index contributed by atoms with van der Waals surface area (Å²) in [6, 6.07) is 17.4. The average molecular weight is 429 g/mol. The Bertz CT molecular complexity index is 904. The van der Waals surface area contributed by atoms with E-state index in [-0.39, 0.29) is 24.4 Å². The third-order valence-electron chi connectivity index (χ3n) is 4.76. The second kappa shape index (κ2) is 10.3. The van der Waals surface area contributed by atoms with E-state index in [2.05, 4.69) is 47.3 Å². The molecule has 0 aromatic heterocycles. The molecule has 1 aliphatic rings. The van der Waals surface area contributed by atoms with Crippen LogP contribution in [0.15, 0.2) is 53.5 Å². The van der Waals surface area contributed by atoms with Gasteiger partial charge in [-0.15, -0.1) is 12.4 Å². The largest absolute Gasteiger partial charge is 0.350 e. The lowest BCUT2D eigenvalue weighted by molar-refractivity contribution is -0.116. The first-order valence-electron chi connectivity index (χ1n) is 9.30. The Morgan fingerprint density at radius 2 is 1.90 bits per heavy atom. The van der Waals surface area contributed by atoms with Gasteiger partial charge in [0.05, 0.1) is 17.3 Å². The summed E-state index contributed by atoms with van der Waals surface area (Å²) in [7, 11) is 1.97. The van der Waals surface area contributed by atoms with Crippen LogP contribution in [0.25, 0.3) is 0 Å². The quantitative estimate of drug-likeness (QED) is 0.713. The number of carbonyl (C=O) groups excluding carboxylic acids is 1. The summed E-state index contributed by atoms with van der Waals surface area (Å²) in [5.41, 5.74) is 3.51. The minimum absolute atomic E-state index is 0. The van der Waals surface area contributed by atoms with Crippen LogP contribution < -0.4 is 5.32 Å². The second-order valence-electron chi connectivity index (χ2n) is 7.16. The molecule has 5 nitrogen and oxygen atoms in total. The molecular formula is C22H25ClN4OS. The van der Waals surface area contributed by atoms with Crippen molar-refractivity contribution in [2.24, 2.45) is 4.99 Å². The smallest absolute Gasteiger partial charge is 0.226 e. The fraction of sp³-hybridized carbons (Fsp3) is 0.318. The number of anilines is 1. The number of hydrogen-bond donors (Lipinski definition) is 1. The topological polar surface area (TPSA) is 68.5 Å². The van der Waals surface area contributed by atoms with E-state index in [1.807, 2.05) is 31.3 Å². The van der Waals surface area contributed by atoms with Crippen LogP contribution in [0, 0.1) is 11.3 Å². The number of benzene rings is 2. The van der Waals surface area contributed by atoms with Crippen molar-refractivity contribution in [1.82, 2.24) is 4.90 Å². The van der Waals surface area contributed by atoms with Crippen LogP contribution in [0.1, 0.15) is 37.3 Å². The molecule has 0 radical (unpaired) electrons. The fourth-order valence-electron chi connectivity index (χ4n) is 2.95. The Kier molecular flexibility index (Phi) is 8.12. The summed E-state index contributed by atoms with van der Waals surface area (Å²) in [5, 5.41) is 12.8. The fourth-order valence-corrected chi connectivity index (χ4v) is 4.15. The summed E-state index contributed by atoms with van der Waals surface area (Å²) < 4.78 is 0. The predicted molar refractivity (Wildman–Crippen MR) is 123 cm³/mol. The highest BCUT2D eigenvalue weighted by Crippen LogP contribution is 2.28. The summed E-state index contributed by atoms with van der Waals surface area (Å²) in [6.07, 6.45) is 0.418. The highest BCUT2D eigenvalue weighted by atomic mass is 35.5. The molecule has 1 fully saturated rings. The number of nitrogens with zero attached hydrogens (tertiary/aromatic N) is 3. The van der Waals surface area contributed by atoms with Gasteiger partial charge in [-0.25, -0.2) is 4.99 Å². The molecule has 0 aliphatic carbocycles. The molecule has 1 heterocycles. The zero-order chi connectivity index (χ0) is 20.1. The van der Waals surface area contributed by atoms with Gasteiger partial charge in [-0.2, -0.15) is 5.26 Å². The van der Waals surface area contributed by atoms with Gasteiger partial charge in [-0.1, -0.05) is 37.7 Å². The Hall–Kier alpha value is -2.49. The first-order valence-corrected chi connectivity index (χ1v) is 10.3. The van der Waals surface area contributed by atoms with Gasteiger partial charge in [0.1, 0.15) is 0 Å². The number of aliphatic imine (C=N–C) groups is 1. The number of carbonyl (C=O) groups is 1. The molecule has 1 N–H and O–H groups in total. The molecule has 0 bridgehead atoms. The Balaban J connectivity index is 0.00000300. The first kappa shape index (κ1) is 22.8. The van der Waals surface area contributed by atoms with Crippen LogP contribution in [-0.2, 0) is 4.79 Å². The molecule has 2 aromatic rings. The molecule has 1 aliphatic heterocycles. The standard InChI is InChI=1S/C22H24N4OS.ClH/c1-15(2)17-6-10-18(11-7-17)24-21(27)12-20-14-28-22(26(20)3)25-19-8-4-16(13-23)5-9-19;/h4-11,15,20H,12,14H2,1-3H3,(H,24,27);1H/b25-22-;. The van der Waals surface area contributed by atoms with E-state index in [4.69, 9.17) is 5.26 Å². The lowest BCUT2D eigenvalue weighted by Crippen LogP contribution is -2.33. The number of nitriles is 1. The maximum Gasteiger partial charge on any atom is 0.226 e. The SMILES string of the molecule is CC(C)c1ccc(NC(=O)CC2CS/C(=N\c3ccc(C#N)cc3)N2C)cc1.Cl. The maximum absolute atomic E-state index is 12.5. The number of amides is 1. The van der Waals surface area contributed by atoms with E-state index >= 15 is 0 Å². The molecule has 152 valence electrons. The molecule has 1 amide bonds. The molecule has 29 heavy (non-hydrogen) atoms. The van der Waals surface area contributed by atoms with Crippen LogP contribution in [0.3, 0.4) is 0 Å². The van der Waals surface area contributed by atoms with Crippen molar-refractivity contribution in [2.45, 2.75) is 32.2 Å². The monoisotopic (exact) mass is 428 g/mol. The Labute approximate surface area is 182 Å². The van der Waals surface area contributed by atoms with Crippen molar-refractivity contribution >= 4 is 46.6 Å². The summed E-state index contributed by atoms with van der Waals surface area (Å²) in [4.78, 5) is 19.2. The number of halogens is 1. The third kappa shape index (κ3) is 5.99. The van der Waals surface area contributed by atoms with Crippen molar-refractivity contribution < 1.29 is 4.79 Å². The van der Waals surface area contributed by atoms with Crippen molar-refractivity contribution in [1.29, 1.82) is 5.26 Å². The van der Waals surface area contributed by atoms with Gasteiger partial charge in [-0.3, -0.25) is 4.79 Å². The molecule has 7 heteroatoms. The highest BCUT2D eigenvalue weighted by molar-refractivity contribution is 8.14.